The molecule has 28 heavy (non-hydrogen) atoms. The van der Waals surface area contributed by atoms with Crippen molar-refractivity contribution in [1.29, 1.82) is 0 Å². The van der Waals surface area contributed by atoms with Crippen LogP contribution in [0.4, 0.5) is 0 Å². The third-order valence-corrected chi connectivity index (χ3v) is 6.50. The molecular formula is C26H30N2. The van der Waals surface area contributed by atoms with Crippen LogP contribution < -0.4 is 10.6 Å². The van der Waals surface area contributed by atoms with Crippen molar-refractivity contribution >= 4 is 32.3 Å². The van der Waals surface area contributed by atoms with Crippen molar-refractivity contribution in [1.82, 2.24) is 10.6 Å². The molecule has 1 fully saturated rings. The van der Waals surface area contributed by atoms with Crippen LogP contribution in [0.2, 0.25) is 0 Å². The minimum Gasteiger partial charge on any atom is -0.314 e. The third kappa shape index (κ3) is 3.47. The van der Waals surface area contributed by atoms with Gasteiger partial charge in [0, 0.05) is 12.6 Å². The molecule has 0 atom stereocenters. The van der Waals surface area contributed by atoms with Crippen molar-refractivity contribution in [2.75, 3.05) is 13.1 Å². The molecule has 0 amide bonds. The normalized spacial score (nSPS) is 15.9. The molecule has 1 saturated carbocycles. The van der Waals surface area contributed by atoms with Crippen LogP contribution in [0.15, 0.2) is 54.6 Å². The number of benzene rings is 4. The Balaban J connectivity index is 1.26. The van der Waals surface area contributed by atoms with E-state index < -0.39 is 0 Å². The highest BCUT2D eigenvalue weighted by Gasteiger charge is 2.12. The molecule has 0 aromatic heterocycles. The van der Waals surface area contributed by atoms with Gasteiger partial charge in [-0.25, -0.2) is 0 Å². The maximum Gasteiger partial charge on any atom is 0.0211 e. The van der Waals surface area contributed by atoms with Crippen molar-refractivity contribution in [3.63, 3.8) is 0 Å². The Kier molecular flexibility index (Phi) is 5.16. The molecule has 2 nitrogen and oxygen atoms in total. The van der Waals surface area contributed by atoms with Crippen LogP contribution >= 0.6 is 0 Å². The number of hydrogen-bond donors (Lipinski definition) is 2. The Morgan fingerprint density at radius 1 is 0.714 bits per heavy atom. The van der Waals surface area contributed by atoms with E-state index in [9.17, 15) is 0 Å². The summed E-state index contributed by atoms with van der Waals surface area (Å²) in [6, 6.07) is 21.1. The molecule has 0 unspecified atom stereocenters. The fourth-order valence-electron chi connectivity index (χ4n) is 5.00. The van der Waals surface area contributed by atoms with Gasteiger partial charge >= 0.3 is 0 Å². The number of nitrogens with one attached hydrogen (secondary N) is 2. The average molecular weight is 371 g/mol. The first-order chi connectivity index (χ1) is 13.9. The average Bonchev–Trinajstić information content (AvgIpc) is 2.76. The van der Waals surface area contributed by atoms with Crippen molar-refractivity contribution in [3.05, 3.63) is 60.2 Å². The van der Waals surface area contributed by atoms with Crippen LogP contribution in [-0.2, 0) is 6.54 Å². The van der Waals surface area contributed by atoms with E-state index in [1.165, 1.54) is 76.4 Å². The molecule has 4 aromatic rings. The zero-order valence-electron chi connectivity index (χ0n) is 16.6. The predicted octanol–water partition coefficient (Wildman–Crippen LogP) is 5.99. The second-order valence-electron chi connectivity index (χ2n) is 8.40. The first-order valence-electron chi connectivity index (χ1n) is 11.0. The largest absolute Gasteiger partial charge is 0.314 e. The second kappa shape index (κ2) is 8.06. The monoisotopic (exact) mass is 370 g/mol. The SMILES string of the molecule is c1cc2ccc3ccc(CNCCCNC4CCCCC4)c4ccc(c1)c2c34. The van der Waals surface area contributed by atoms with Gasteiger partial charge in [0.2, 0.25) is 0 Å². The summed E-state index contributed by atoms with van der Waals surface area (Å²) in [5.41, 5.74) is 1.41. The van der Waals surface area contributed by atoms with Crippen molar-refractivity contribution in [2.24, 2.45) is 0 Å². The Morgan fingerprint density at radius 2 is 1.43 bits per heavy atom. The van der Waals surface area contributed by atoms with E-state index in [1.54, 1.807) is 0 Å². The molecule has 0 heterocycles. The zero-order valence-corrected chi connectivity index (χ0v) is 16.6. The first-order valence-corrected chi connectivity index (χ1v) is 11.0. The maximum absolute atomic E-state index is 3.74. The molecule has 0 saturated heterocycles. The second-order valence-corrected chi connectivity index (χ2v) is 8.40. The molecule has 5 rings (SSSR count). The van der Waals surface area contributed by atoms with Crippen molar-refractivity contribution < 1.29 is 0 Å². The molecule has 144 valence electrons. The van der Waals surface area contributed by atoms with E-state index >= 15 is 0 Å². The van der Waals surface area contributed by atoms with Gasteiger partial charge in [-0.3, -0.25) is 0 Å². The van der Waals surface area contributed by atoms with Gasteiger partial charge < -0.3 is 10.6 Å². The Bertz CT molecular complexity index is 1050. The fraction of sp³-hybridized carbons (Fsp3) is 0.385. The zero-order chi connectivity index (χ0) is 18.8. The van der Waals surface area contributed by atoms with Gasteiger partial charge in [0.1, 0.15) is 0 Å². The standard InChI is InChI=1S/C26H30N2/c1-2-8-23(9-3-1)28-17-5-16-27-18-22-13-12-21-11-10-19-6-4-7-20-14-15-24(22)26(21)25(19)20/h4,6-7,10-15,23,27-28H,1-3,5,8-9,16-18H2. The molecule has 2 N–H and O–H groups in total. The summed E-state index contributed by atoms with van der Waals surface area (Å²) < 4.78 is 0. The molecular weight excluding hydrogens is 340 g/mol. The molecule has 4 aromatic carbocycles. The minimum absolute atomic E-state index is 0.770. The van der Waals surface area contributed by atoms with E-state index in [2.05, 4.69) is 65.2 Å². The van der Waals surface area contributed by atoms with Crippen molar-refractivity contribution in [2.45, 2.75) is 51.1 Å². The van der Waals surface area contributed by atoms with Gasteiger partial charge in [0.25, 0.3) is 0 Å². The van der Waals surface area contributed by atoms with Gasteiger partial charge in [0.05, 0.1) is 0 Å². The van der Waals surface area contributed by atoms with Gasteiger partial charge in [0.15, 0.2) is 0 Å². The molecule has 2 heteroatoms. The van der Waals surface area contributed by atoms with Crippen LogP contribution in [0.1, 0.15) is 44.1 Å². The first kappa shape index (κ1) is 17.9. The van der Waals surface area contributed by atoms with E-state index in [0.29, 0.717) is 0 Å². The smallest absolute Gasteiger partial charge is 0.0211 e. The lowest BCUT2D eigenvalue weighted by Gasteiger charge is -2.22. The molecule has 0 aliphatic heterocycles. The highest BCUT2D eigenvalue weighted by atomic mass is 14.9. The quantitative estimate of drug-likeness (QED) is 0.309. The lowest BCUT2D eigenvalue weighted by Crippen LogP contribution is -2.33. The Labute approximate surface area is 167 Å². The van der Waals surface area contributed by atoms with Crippen molar-refractivity contribution in [3.8, 4) is 0 Å². The van der Waals surface area contributed by atoms with Crippen LogP contribution in [0.25, 0.3) is 32.3 Å². The van der Waals surface area contributed by atoms with Gasteiger partial charge in [-0.1, -0.05) is 73.9 Å². The maximum atomic E-state index is 3.74. The van der Waals surface area contributed by atoms with E-state index in [-0.39, 0.29) is 0 Å². The molecule has 0 bridgehead atoms. The third-order valence-electron chi connectivity index (χ3n) is 6.50. The van der Waals surface area contributed by atoms with Crippen LogP contribution in [-0.4, -0.2) is 19.1 Å². The summed E-state index contributed by atoms with van der Waals surface area (Å²) in [7, 11) is 0. The topological polar surface area (TPSA) is 24.1 Å². The van der Waals surface area contributed by atoms with Crippen LogP contribution in [0.5, 0.6) is 0 Å². The number of rotatable bonds is 7. The van der Waals surface area contributed by atoms with Crippen LogP contribution in [0.3, 0.4) is 0 Å². The summed E-state index contributed by atoms with van der Waals surface area (Å²) >= 11 is 0. The van der Waals surface area contributed by atoms with Gasteiger partial charge in [-0.15, -0.1) is 0 Å². The summed E-state index contributed by atoms with van der Waals surface area (Å²) in [4.78, 5) is 0. The van der Waals surface area contributed by atoms with Gasteiger partial charge in [-0.05, 0) is 70.2 Å². The Hall–Kier alpha value is -2.16. The molecule has 1 aliphatic rings. The Morgan fingerprint density at radius 3 is 2.25 bits per heavy atom. The van der Waals surface area contributed by atoms with Crippen LogP contribution in [0, 0.1) is 0 Å². The summed E-state index contributed by atoms with van der Waals surface area (Å²) in [6.07, 6.45) is 8.18. The molecule has 0 spiro atoms. The predicted molar refractivity (Wildman–Crippen MR) is 121 cm³/mol. The summed E-state index contributed by atoms with van der Waals surface area (Å²) in [5, 5.41) is 15.7. The van der Waals surface area contributed by atoms with E-state index in [0.717, 1.165) is 25.7 Å². The lowest BCUT2D eigenvalue weighted by atomic mass is 9.92. The van der Waals surface area contributed by atoms with E-state index in [4.69, 9.17) is 0 Å². The van der Waals surface area contributed by atoms with Gasteiger partial charge in [-0.2, -0.15) is 0 Å². The van der Waals surface area contributed by atoms with E-state index in [1.807, 2.05) is 0 Å². The fourth-order valence-corrected chi connectivity index (χ4v) is 5.00. The highest BCUT2D eigenvalue weighted by Crippen LogP contribution is 2.35. The number of hydrogen-bond acceptors (Lipinski definition) is 2. The lowest BCUT2D eigenvalue weighted by molar-refractivity contribution is 0.371. The minimum atomic E-state index is 0.770. The summed E-state index contributed by atoms with van der Waals surface area (Å²) in [5.74, 6) is 0. The molecule has 0 radical (unpaired) electrons. The molecule has 1 aliphatic carbocycles. The summed E-state index contributed by atoms with van der Waals surface area (Å²) in [6.45, 7) is 3.15. The highest BCUT2D eigenvalue weighted by molar-refractivity contribution is 6.23.